The molecule has 3 rings (SSSR count). The fraction of sp³-hybridized carbons (Fsp3) is 0.312. The van der Waals surface area contributed by atoms with Crippen LogP contribution in [0.3, 0.4) is 0 Å². The first kappa shape index (κ1) is 13.3. The molecule has 0 aliphatic carbocycles. The van der Waals surface area contributed by atoms with Crippen LogP contribution in [0, 0.1) is 12.1 Å². The third kappa shape index (κ3) is 2.48. The van der Waals surface area contributed by atoms with E-state index in [4.69, 9.17) is 4.52 Å². The van der Waals surface area contributed by atoms with Crippen LogP contribution in [0.4, 0.5) is 5.88 Å². The SMILES string of the molecule is CCC(C)C1SC(c2ccccc2)=[C]N1c1ccno1. The molecule has 0 amide bonds. The number of thioether (sulfide) groups is 1. The molecule has 1 aromatic carbocycles. The van der Waals surface area contributed by atoms with Gasteiger partial charge in [-0.25, -0.2) is 0 Å². The van der Waals surface area contributed by atoms with E-state index in [1.165, 1.54) is 5.56 Å². The van der Waals surface area contributed by atoms with Crippen LogP contribution in [0.2, 0.25) is 0 Å². The Morgan fingerprint density at radius 2 is 2.15 bits per heavy atom. The highest BCUT2D eigenvalue weighted by molar-refractivity contribution is 8.09. The van der Waals surface area contributed by atoms with Crippen molar-refractivity contribution in [2.45, 2.75) is 25.6 Å². The van der Waals surface area contributed by atoms with Gasteiger partial charge in [0.05, 0.1) is 17.8 Å². The van der Waals surface area contributed by atoms with Gasteiger partial charge in [0.2, 0.25) is 5.88 Å². The van der Waals surface area contributed by atoms with Gasteiger partial charge in [0, 0.05) is 11.0 Å². The molecule has 20 heavy (non-hydrogen) atoms. The van der Waals surface area contributed by atoms with E-state index in [0.29, 0.717) is 11.3 Å². The molecule has 1 aromatic heterocycles. The topological polar surface area (TPSA) is 29.3 Å². The zero-order chi connectivity index (χ0) is 13.9. The van der Waals surface area contributed by atoms with Crippen molar-refractivity contribution in [3.63, 3.8) is 0 Å². The number of benzene rings is 1. The highest BCUT2D eigenvalue weighted by Gasteiger charge is 2.33. The number of hydrogen-bond acceptors (Lipinski definition) is 4. The number of anilines is 1. The first-order chi connectivity index (χ1) is 9.79. The van der Waals surface area contributed by atoms with Crippen molar-refractivity contribution >= 4 is 22.6 Å². The molecule has 3 nitrogen and oxygen atoms in total. The van der Waals surface area contributed by atoms with E-state index in [2.05, 4.69) is 54.4 Å². The maximum atomic E-state index is 5.31. The minimum atomic E-state index is 0.308. The van der Waals surface area contributed by atoms with Crippen LogP contribution in [0.1, 0.15) is 25.8 Å². The molecule has 1 aliphatic rings. The molecular formula is C16H17N2OS. The van der Waals surface area contributed by atoms with E-state index in [-0.39, 0.29) is 0 Å². The van der Waals surface area contributed by atoms with Gasteiger partial charge >= 0.3 is 0 Å². The monoisotopic (exact) mass is 285 g/mol. The largest absolute Gasteiger partial charge is 0.338 e. The number of nitrogens with zero attached hydrogens (tertiary/aromatic N) is 2. The molecule has 2 unspecified atom stereocenters. The molecule has 2 heterocycles. The minimum absolute atomic E-state index is 0.308. The van der Waals surface area contributed by atoms with Crippen molar-refractivity contribution in [1.29, 1.82) is 0 Å². The lowest BCUT2D eigenvalue weighted by Gasteiger charge is -2.25. The number of rotatable bonds is 4. The zero-order valence-electron chi connectivity index (χ0n) is 11.6. The van der Waals surface area contributed by atoms with E-state index >= 15 is 0 Å². The maximum absolute atomic E-state index is 5.31. The van der Waals surface area contributed by atoms with Gasteiger partial charge in [0.25, 0.3) is 0 Å². The second kappa shape index (κ2) is 5.75. The number of aromatic nitrogens is 1. The molecule has 103 valence electrons. The Morgan fingerprint density at radius 1 is 1.35 bits per heavy atom. The second-order valence-corrected chi connectivity index (χ2v) is 6.05. The van der Waals surface area contributed by atoms with Crippen molar-refractivity contribution in [3.05, 3.63) is 54.4 Å². The summed E-state index contributed by atoms with van der Waals surface area (Å²) < 4.78 is 5.31. The van der Waals surface area contributed by atoms with Crippen LogP contribution in [-0.4, -0.2) is 10.5 Å². The van der Waals surface area contributed by atoms with Crippen molar-refractivity contribution in [2.75, 3.05) is 4.90 Å². The molecular weight excluding hydrogens is 268 g/mol. The van der Waals surface area contributed by atoms with Gasteiger partial charge in [-0.2, -0.15) is 0 Å². The fourth-order valence-corrected chi connectivity index (χ4v) is 3.53. The number of hydrogen-bond donors (Lipinski definition) is 0. The molecule has 4 heteroatoms. The molecule has 0 fully saturated rings. The molecule has 2 atom stereocenters. The lowest BCUT2D eigenvalue weighted by Crippen LogP contribution is -2.30. The first-order valence-electron chi connectivity index (χ1n) is 6.85. The van der Waals surface area contributed by atoms with Crippen LogP contribution in [0.5, 0.6) is 0 Å². The Hall–Kier alpha value is -1.68. The predicted octanol–water partition coefficient (Wildman–Crippen LogP) is 4.40. The van der Waals surface area contributed by atoms with Crippen molar-refractivity contribution in [2.24, 2.45) is 5.92 Å². The lowest BCUT2D eigenvalue weighted by atomic mass is 10.1. The summed E-state index contributed by atoms with van der Waals surface area (Å²) in [5.41, 5.74) is 1.20. The van der Waals surface area contributed by atoms with E-state index in [1.54, 1.807) is 6.20 Å². The van der Waals surface area contributed by atoms with Crippen LogP contribution < -0.4 is 4.90 Å². The van der Waals surface area contributed by atoms with Crippen LogP contribution in [0.15, 0.2) is 47.1 Å². The van der Waals surface area contributed by atoms with Crippen molar-refractivity contribution in [3.8, 4) is 0 Å². The lowest BCUT2D eigenvalue weighted by molar-refractivity contribution is 0.410. The van der Waals surface area contributed by atoms with E-state index in [9.17, 15) is 0 Å². The van der Waals surface area contributed by atoms with Crippen molar-refractivity contribution in [1.82, 2.24) is 5.16 Å². The molecule has 0 saturated carbocycles. The fourth-order valence-electron chi connectivity index (χ4n) is 2.18. The van der Waals surface area contributed by atoms with E-state index < -0.39 is 0 Å². The van der Waals surface area contributed by atoms with Gasteiger partial charge in [0.15, 0.2) is 0 Å². The average Bonchev–Trinajstić information content (AvgIpc) is 3.16. The molecule has 0 saturated heterocycles. The standard InChI is InChI=1S/C16H17N2OS/c1-3-12(2)16-18(15-9-10-17-19-15)11-14(20-16)13-7-5-4-6-8-13/h4-10,12,16H,3H2,1-2H3. The predicted molar refractivity (Wildman–Crippen MR) is 82.9 cm³/mol. The summed E-state index contributed by atoms with van der Waals surface area (Å²) in [5.74, 6) is 1.30. The highest BCUT2D eigenvalue weighted by Crippen LogP contribution is 2.44. The summed E-state index contributed by atoms with van der Waals surface area (Å²) in [6, 6.07) is 12.3. The van der Waals surface area contributed by atoms with Gasteiger partial charge in [-0.05, 0) is 11.5 Å². The van der Waals surface area contributed by atoms with Gasteiger partial charge < -0.3 is 4.52 Å². The summed E-state index contributed by atoms with van der Waals surface area (Å²) in [7, 11) is 0. The van der Waals surface area contributed by atoms with Gasteiger partial charge in [0.1, 0.15) is 0 Å². The molecule has 0 bridgehead atoms. The van der Waals surface area contributed by atoms with Crippen LogP contribution in [0.25, 0.3) is 4.91 Å². The van der Waals surface area contributed by atoms with E-state index in [0.717, 1.165) is 17.2 Å². The molecule has 0 N–H and O–H groups in total. The molecule has 1 radical (unpaired) electrons. The van der Waals surface area contributed by atoms with Crippen LogP contribution in [-0.2, 0) is 0 Å². The Balaban J connectivity index is 1.93. The van der Waals surface area contributed by atoms with Gasteiger partial charge in [-0.15, -0.1) is 0 Å². The summed E-state index contributed by atoms with van der Waals surface area (Å²) >= 11 is 1.85. The third-order valence-corrected chi connectivity index (χ3v) is 5.02. The average molecular weight is 285 g/mol. The van der Waals surface area contributed by atoms with Crippen molar-refractivity contribution < 1.29 is 4.52 Å². The second-order valence-electron chi connectivity index (χ2n) is 4.92. The summed E-state index contributed by atoms with van der Waals surface area (Å²) in [4.78, 5) is 3.24. The summed E-state index contributed by atoms with van der Waals surface area (Å²) in [5, 5.41) is 4.12. The Bertz CT molecular complexity index is 580. The Morgan fingerprint density at radius 3 is 2.80 bits per heavy atom. The summed E-state index contributed by atoms with van der Waals surface area (Å²) in [6.45, 7) is 4.47. The normalized spacial score (nSPS) is 20.0. The highest BCUT2D eigenvalue weighted by atomic mass is 32.2. The Kier molecular flexibility index (Phi) is 3.83. The van der Waals surface area contributed by atoms with Gasteiger partial charge in [-0.3, -0.25) is 4.90 Å². The zero-order valence-corrected chi connectivity index (χ0v) is 12.4. The quantitative estimate of drug-likeness (QED) is 0.832. The minimum Gasteiger partial charge on any atom is -0.338 e. The van der Waals surface area contributed by atoms with Gasteiger partial charge in [-0.1, -0.05) is 67.5 Å². The molecule has 2 aromatic rings. The molecule has 1 aliphatic heterocycles. The summed E-state index contributed by atoms with van der Waals surface area (Å²) in [6.07, 6.45) is 6.25. The van der Waals surface area contributed by atoms with Crippen LogP contribution >= 0.6 is 11.8 Å². The third-order valence-electron chi connectivity index (χ3n) is 3.54. The van der Waals surface area contributed by atoms with E-state index in [1.807, 2.05) is 23.9 Å². The maximum Gasteiger partial charge on any atom is 0.232 e. The smallest absolute Gasteiger partial charge is 0.232 e. The molecule has 0 spiro atoms. The first-order valence-corrected chi connectivity index (χ1v) is 7.73. The Labute approximate surface area is 123 Å².